The van der Waals surface area contributed by atoms with Crippen molar-refractivity contribution in [1.29, 1.82) is 0 Å². The molecule has 0 fully saturated rings. The van der Waals surface area contributed by atoms with Crippen LogP contribution in [0.3, 0.4) is 0 Å². The minimum absolute atomic E-state index is 0. The number of rotatable bonds is 3. The number of nitrogens with one attached hydrogen (secondary N) is 1. The molecule has 0 spiro atoms. The van der Waals surface area contributed by atoms with Gasteiger partial charge in [0.2, 0.25) is 15.9 Å². The molecule has 0 aliphatic heterocycles. The molecule has 10 heteroatoms. The highest BCUT2D eigenvalue weighted by molar-refractivity contribution is 14.0. The molecule has 0 radical (unpaired) electrons. The Labute approximate surface area is 270 Å². The second-order valence-electron chi connectivity index (χ2n) is 10.9. The fourth-order valence-corrected chi connectivity index (χ4v) is 7.47. The number of amides is 1. The van der Waals surface area contributed by atoms with Crippen LogP contribution in [0.4, 0.5) is 0 Å². The third-order valence-corrected chi connectivity index (χ3v) is 10.4. The van der Waals surface area contributed by atoms with Crippen LogP contribution in [0.1, 0.15) is 73.7 Å². The largest absolute Gasteiger partial charge is 0.274 e. The lowest BCUT2D eigenvalue weighted by Gasteiger charge is -2.15. The average Bonchev–Trinajstić information content (AvgIpc) is 2.78. The van der Waals surface area contributed by atoms with Gasteiger partial charge in [-0.25, -0.2) is 26.7 Å². The van der Waals surface area contributed by atoms with E-state index in [4.69, 9.17) is 5.14 Å². The number of hydrogen-bond acceptors (Lipinski definition) is 5. The fourth-order valence-electron chi connectivity index (χ4n) is 4.86. The van der Waals surface area contributed by atoms with Crippen LogP contribution in [0.15, 0.2) is 34.1 Å². The van der Waals surface area contributed by atoms with E-state index < -0.39 is 26.0 Å². The number of nitrogens with two attached hydrogens (primary N) is 1. The maximum absolute atomic E-state index is 12.0. The third kappa shape index (κ3) is 10.2. The van der Waals surface area contributed by atoms with Crippen LogP contribution in [0, 0.1) is 83.1 Å². The van der Waals surface area contributed by atoms with Gasteiger partial charge in [0.25, 0.3) is 10.0 Å². The molecule has 7 nitrogen and oxygen atoms in total. The van der Waals surface area contributed by atoms with E-state index in [0.29, 0.717) is 16.7 Å². The van der Waals surface area contributed by atoms with Crippen LogP contribution >= 0.6 is 24.0 Å². The van der Waals surface area contributed by atoms with Crippen LogP contribution < -0.4 is 9.86 Å². The molecule has 0 unspecified atom stereocenters. The van der Waals surface area contributed by atoms with E-state index in [9.17, 15) is 21.6 Å². The first-order valence-corrected chi connectivity index (χ1v) is 16.3. The van der Waals surface area contributed by atoms with Gasteiger partial charge >= 0.3 is 0 Å². The van der Waals surface area contributed by atoms with Crippen molar-refractivity contribution in [3.8, 4) is 0 Å². The summed E-state index contributed by atoms with van der Waals surface area (Å²) in [6, 6.07) is 8.11. The predicted molar refractivity (Wildman–Crippen MR) is 184 cm³/mol. The normalized spacial score (nSPS) is 10.9. The molecule has 0 aliphatic rings. The fraction of sp³-hybridized carbons (Fsp3) is 0.406. The Morgan fingerprint density at radius 3 is 1.24 bits per heavy atom. The number of hydrogen-bond donors (Lipinski definition) is 2. The van der Waals surface area contributed by atoms with Crippen LogP contribution in [-0.2, 0) is 24.8 Å². The van der Waals surface area contributed by atoms with E-state index >= 15 is 0 Å². The van der Waals surface area contributed by atoms with Gasteiger partial charge < -0.3 is 0 Å². The van der Waals surface area contributed by atoms with Crippen molar-refractivity contribution in [3.05, 3.63) is 91.0 Å². The van der Waals surface area contributed by atoms with Crippen LogP contribution in [0.2, 0.25) is 0 Å². The molecule has 0 aromatic heterocycles. The number of sulfonamides is 2. The summed E-state index contributed by atoms with van der Waals surface area (Å²) in [7, 11) is -7.36. The van der Waals surface area contributed by atoms with Crippen molar-refractivity contribution in [1.82, 2.24) is 4.72 Å². The van der Waals surface area contributed by atoms with Crippen molar-refractivity contribution < 1.29 is 21.6 Å². The molecule has 0 heterocycles. The highest BCUT2D eigenvalue weighted by Crippen LogP contribution is 2.26. The Morgan fingerprint density at radius 1 is 0.548 bits per heavy atom. The number of aryl methyl sites for hydroxylation is 7. The van der Waals surface area contributed by atoms with Gasteiger partial charge in [0, 0.05) is 6.92 Å². The number of benzene rings is 3. The van der Waals surface area contributed by atoms with Gasteiger partial charge in [0.15, 0.2) is 0 Å². The van der Waals surface area contributed by atoms with Gasteiger partial charge in [-0.3, -0.25) is 4.79 Å². The summed E-state index contributed by atoms with van der Waals surface area (Å²) in [6.45, 7) is 24.5. The molecule has 0 aliphatic carbocycles. The molecule has 3 aromatic carbocycles. The summed E-state index contributed by atoms with van der Waals surface area (Å²) in [5, 5.41) is 5.15. The van der Waals surface area contributed by atoms with E-state index in [0.717, 1.165) is 27.8 Å². The first-order valence-electron chi connectivity index (χ1n) is 13.3. The summed E-state index contributed by atoms with van der Waals surface area (Å²) < 4.78 is 48.7. The Hall–Kier alpha value is -2.28. The number of primary sulfonamides is 1. The maximum Gasteiger partial charge on any atom is 0.264 e. The van der Waals surface area contributed by atoms with E-state index in [1.54, 1.807) is 27.7 Å². The number of halogens is 1. The van der Waals surface area contributed by atoms with E-state index in [1.165, 1.54) is 29.2 Å². The molecular weight excluding hydrogens is 683 g/mol. The summed E-state index contributed by atoms with van der Waals surface area (Å²) in [4.78, 5) is 11.4. The molecule has 42 heavy (non-hydrogen) atoms. The zero-order valence-electron chi connectivity index (χ0n) is 27.2. The smallest absolute Gasteiger partial charge is 0.264 e. The van der Waals surface area contributed by atoms with E-state index in [-0.39, 0.29) is 33.8 Å². The minimum atomic E-state index is -3.76. The maximum atomic E-state index is 12.0. The van der Waals surface area contributed by atoms with Gasteiger partial charge in [-0.05, 0) is 144 Å². The first kappa shape index (κ1) is 39.7. The van der Waals surface area contributed by atoms with E-state index in [2.05, 4.69) is 39.8 Å². The van der Waals surface area contributed by atoms with Gasteiger partial charge in [-0.2, -0.15) is 0 Å². The highest BCUT2D eigenvalue weighted by atomic mass is 127. The average molecular weight is 731 g/mol. The van der Waals surface area contributed by atoms with E-state index in [1.807, 2.05) is 44.5 Å². The van der Waals surface area contributed by atoms with Crippen molar-refractivity contribution in [3.63, 3.8) is 0 Å². The molecule has 234 valence electrons. The SMILES string of the molecule is CC(=O)NS(=O)(=O)c1c(C)cc(C)c(C)c1C.Cc1cc(C)c(C)c(C)c1.Cc1cc(C)c(S(N)(=O)=O)c(C)c1C.I. The molecular formula is C32H47IN2O5S2. The zero-order valence-corrected chi connectivity index (χ0v) is 31.1. The molecule has 1 amide bonds. The van der Waals surface area contributed by atoms with Gasteiger partial charge in [0.05, 0.1) is 9.79 Å². The second-order valence-corrected chi connectivity index (χ2v) is 14.0. The lowest BCUT2D eigenvalue weighted by molar-refractivity contribution is -0.117. The number of carbonyl (C=O) groups is 1. The quantitative estimate of drug-likeness (QED) is 0.286. The zero-order chi connectivity index (χ0) is 32.2. The minimum Gasteiger partial charge on any atom is -0.274 e. The Morgan fingerprint density at radius 2 is 0.881 bits per heavy atom. The van der Waals surface area contributed by atoms with Crippen molar-refractivity contribution in [2.24, 2.45) is 5.14 Å². The van der Waals surface area contributed by atoms with Crippen LogP contribution in [-0.4, -0.2) is 22.7 Å². The van der Waals surface area contributed by atoms with Crippen molar-refractivity contribution in [2.75, 3.05) is 0 Å². The van der Waals surface area contributed by atoms with Gasteiger partial charge in [-0.1, -0.05) is 29.8 Å². The molecule has 0 bridgehead atoms. The summed E-state index contributed by atoms with van der Waals surface area (Å²) in [6.07, 6.45) is 0. The summed E-state index contributed by atoms with van der Waals surface area (Å²) >= 11 is 0. The molecule has 0 saturated carbocycles. The topological polar surface area (TPSA) is 123 Å². The molecule has 0 saturated heterocycles. The molecule has 3 aromatic rings. The molecule has 3 rings (SSSR count). The second kappa shape index (κ2) is 15.4. The van der Waals surface area contributed by atoms with Gasteiger partial charge in [0.1, 0.15) is 0 Å². The predicted octanol–water partition coefficient (Wildman–Crippen LogP) is 6.85. The summed E-state index contributed by atoms with van der Waals surface area (Å²) in [5.41, 5.74) is 12.4. The van der Waals surface area contributed by atoms with Crippen molar-refractivity contribution >= 4 is 49.9 Å². The van der Waals surface area contributed by atoms with Crippen LogP contribution in [0.25, 0.3) is 0 Å². The standard InChI is InChI=1S/C12H17NO3S.C10H15NO2S.C10H14.HI/c1-7-6-8(2)12(10(4)9(7)3)17(15,16)13-11(5)14;1-6-5-7(2)10(14(11,12)13)9(4)8(6)3;1-7-5-8(2)10(4)9(3)6-7;/h6H,1-5H3,(H,13,14);5H,1-4H3,(H2,11,12,13);5-6H,1-4H3;1H. The van der Waals surface area contributed by atoms with Crippen molar-refractivity contribution in [2.45, 2.75) is 99.8 Å². The third-order valence-electron chi connectivity index (χ3n) is 7.47. The lowest BCUT2D eigenvalue weighted by Crippen LogP contribution is -2.29. The monoisotopic (exact) mass is 730 g/mol. The Bertz CT molecular complexity index is 1670. The molecule has 3 N–H and O–H groups in total. The summed E-state index contributed by atoms with van der Waals surface area (Å²) in [5.74, 6) is -0.581. The Kier molecular flexibility index (Phi) is 14.6. The first-order chi connectivity index (χ1) is 18.5. The van der Waals surface area contributed by atoms with Gasteiger partial charge in [-0.15, -0.1) is 24.0 Å². The number of carbonyl (C=O) groups excluding carboxylic acids is 1. The Balaban J connectivity index is 0.000000612. The molecule has 0 atom stereocenters. The van der Waals surface area contributed by atoms with Crippen LogP contribution in [0.5, 0.6) is 0 Å². The lowest BCUT2D eigenvalue weighted by atomic mass is 10.0. The highest BCUT2D eigenvalue weighted by Gasteiger charge is 2.22.